The molecule has 0 heterocycles. The predicted octanol–water partition coefficient (Wildman–Crippen LogP) is 0.529. The summed E-state index contributed by atoms with van der Waals surface area (Å²) in [6.45, 7) is 2.12. The first-order chi connectivity index (χ1) is 10.5. The van der Waals surface area contributed by atoms with Crippen molar-refractivity contribution >= 4 is 29.3 Å². The Bertz CT molecular complexity index is 546. The summed E-state index contributed by atoms with van der Waals surface area (Å²) < 4.78 is 0. The van der Waals surface area contributed by atoms with Gasteiger partial charge in [0, 0.05) is 10.9 Å². The molecule has 1 unspecified atom stereocenters. The molecule has 6 heteroatoms. The second kappa shape index (κ2) is 7.65. The summed E-state index contributed by atoms with van der Waals surface area (Å²) in [5.74, 6) is -0.0533. The number of likely N-dealkylation sites (N-methyl/N-ethyl adjacent to an activating group) is 1. The van der Waals surface area contributed by atoms with Crippen molar-refractivity contribution in [3.63, 3.8) is 0 Å². The molecule has 3 N–H and O–H groups in total. The van der Waals surface area contributed by atoms with Gasteiger partial charge in [-0.25, -0.2) is 0 Å². The van der Waals surface area contributed by atoms with Gasteiger partial charge in [0.1, 0.15) is 0 Å². The summed E-state index contributed by atoms with van der Waals surface area (Å²) >= 11 is 1.60. The number of anilines is 1. The van der Waals surface area contributed by atoms with E-state index in [-0.39, 0.29) is 24.4 Å². The number of para-hydroxylation sites is 1. The number of rotatable bonds is 7. The highest BCUT2D eigenvalue weighted by Gasteiger charge is 2.29. The number of amides is 2. The van der Waals surface area contributed by atoms with Gasteiger partial charge in [-0.2, -0.15) is 0 Å². The van der Waals surface area contributed by atoms with E-state index in [0.717, 1.165) is 28.3 Å². The normalized spacial score (nSPS) is 16.7. The molecular formula is C16H24N3O2S+. The molecule has 22 heavy (non-hydrogen) atoms. The predicted molar refractivity (Wildman–Crippen MR) is 89.2 cm³/mol. The van der Waals surface area contributed by atoms with Crippen molar-refractivity contribution in [2.45, 2.75) is 36.7 Å². The minimum absolute atomic E-state index is 0.0253. The highest BCUT2D eigenvalue weighted by molar-refractivity contribution is 7.98. The number of nitrogens with one attached hydrogen (secondary N) is 3. The summed E-state index contributed by atoms with van der Waals surface area (Å²) in [6, 6.07) is 7.83. The van der Waals surface area contributed by atoms with Gasteiger partial charge in [-0.15, -0.1) is 11.8 Å². The Labute approximate surface area is 135 Å². The van der Waals surface area contributed by atoms with Crippen LogP contribution >= 0.6 is 11.8 Å². The number of benzene rings is 1. The van der Waals surface area contributed by atoms with Gasteiger partial charge >= 0.3 is 0 Å². The lowest BCUT2D eigenvalue weighted by Crippen LogP contribution is -3.15. The molecule has 1 fully saturated rings. The van der Waals surface area contributed by atoms with E-state index in [9.17, 15) is 9.59 Å². The average molecular weight is 322 g/mol. The zero-order valence-electron chi connectivity index (χ0n) is 13.3. The maximum Gasteiger partial charge on any atom is 0.279 e. The smallest absolute Gasteiger partial charge is 0.279 e. The molecule has 1 aromatic rings. The van der Waals surface area contributed by atoms with Gasteiger partial charge in [0.15, 0.2) is 12.6 Å². The van der Waals surface area contributed by atoms with Gasteiger partial charge in [0.2, 0.25) is 0 Å². The minimum atomic E-state index is -0.234. The minimum Gasteiger partial charge on any atom is -0.348 e. The van der Waals surface area contributed by atoms with Gasteiger partial charge in [0.05, 0.1) is 12.7 Å². The molecule has 1 aliphatic carbocycles. The van der Waals surface area contributed by atoms with Gasteiger partial charge < -0.3 is 15.5 Å². The average Bonchev–Trinajstić information content (AvgIpc) is 3.30. The zero-order chi connectivity index (χ0) is 16.1. The van der Waals surface area contributed by atoms with Crippen molar-refractivity contribution in [3.8, 4) is 0 Å². The molecule has 0 aromatic heterocycles. The largest absolute Gasteiger partial charge is 0.348 e. The molecule has 120 valence electrons. The Morgan fingerprint density at radius 1 is 1.36 bits per heavy atom. The first kappa shape index (κ1) is 16.8. The third-order valence-corrected chi connectivity index (χ3v) is 4.67. The monoisotopic (exact) mass is 322 g/mol. The molecule has 0 bridgehead atoms. The summed E-state index contributed by atoms with van der Waals surface area (Å²) in [5, 5.41) is 5.91. The van der Waals surface area contributed by atoms with Crippen LogP contribution in [0.3, 0.4) is 0 Å². The van der Waals surface area contributed by atoms with Crippen molar-refractivity contribution in [2.75, 3.05) is 25.2 Å². The summed E-state index contributed by atoms with van der Waals surface area (Å²) in [5.41, 5.74) is 0.822. The van der Waals surface area contributed by atoms with Crippen LogP contribution in [-0.2, 0) is 9.59 Å². The Hall–Kier alpha value is -1.53. The van der Waals surface area contributed by atoms with E-state index in [4.69, 9.17) is 0 Å². The lowest BCUT2D eigenvalue weighted by molar-refractivity contribution is -0.885. The number of thioether (sulfide) groups is 1. The SMILES string of the molecule is CSc1ccccc1NC(=O)C[NH+](C)[C@H](C)C(=O)NC1CC1. The third-order valence-electron chi connectivity index (χ3n) is 3.88. The maximum atomic E-state index is 12.2. The van der Waals surface area contributed by atoms with Crippen LogP contribution in [0.1, 0.15) is 19.8 Å². The molecule has 0 aliphatic heterocycles. The molecule has 1 aromatic carbocycles. The Morgan fingerprint density at radius 2 is 2.05 bits per heavy atom. The van der Waals surface area contributed by atoms with Crippen LogP contribution in [0.15, 0.2) is 29.2 Å². The van der Waals surface area contributed by atoms with E-state index in [1.807, 2.05) is 44.5 Å². The molecule has 2 atom stereocenters. The van der Waals surface area contributed by atoms with E-state index >= 15 is 0 Å². The van der Waals surface area contributed by atoms with Gasteiger partial charge in [-0.05, 0) is 38.2 Å². The van der Waals surface area contributed by atoms with Gasteiger partial charge in [-0.3, -0.25) is 9.59 Å². The quantitative estimate of drug-likeness (QED) is 0.642. The van der Waals surface area contributed by atoms with E-state index < -0.39 is 0 Å². The topological polar surface area (TPSA) is 62.6 Å². The standard InChI is InChI=1S/C16H23N3O2S/c1-11(16(21)17-12-8-9-12)19(2)10-15(20)18-13-6-4-5-7-14(13)22-3/h4-7,11-12H,8-10H2,1-3H3,(H,17,21)(H,18,20)/p+1/t11-/m1/s1. The van der Waals surface area contributed by atoms with E-state index in [1.165, 1.54) is 0 Å². The Kier molecular flexibility index (Phi) is 5.85. The lowest BCUT2D eigenvalue weighted by atomic mass is 10.2. The highest BCUT2D eigenvalue weighted by atomic mass is 32.2. The number of quaternary nitrogens is 1. The molecule has 5 nitrogen and oxygen atoms in total. The molecule has 2 rings (SSSR count). The van der Waals surface area contributed by atoms with Crippen LogP contribution < -0.4 is 15.5 Å². The van der Waals surface area contributed by atoms with E-state index in [2.05, 4.69) is 10.6 Å². The summed E-state index contributed by atoms with van der Waals surface area (Å²) in [4.78, 5) is 26.1. The van der Waals surface area contributed by atoms with Crippen LogP contribution in [0, 0.1) is 0 Å². The van der Waals surface area contributed by atoms with Crippen molar-refractivity contribution < 1.29 is 14.5 Å². The molecule has 0 radical (unpaired) electrons. The fraction of sp³-hybridized carbons (Fsp3) is 0.500. The molecule has 0 spiro atoms. The molecule has 1 aliphatic rings. The summed E-state index contributed by atoms with van der Waals surface area (Å²) in [6.07, 6.45) is 4.12. The fourth-order valence-corrected chi connectivity index (χ4v) is 2.68. The number of hydrogen-bond acceptors (Lipinski definition) is 3. The Balaban J connectivity index is 1.86. The zero-order valence-corrected chi connectivity index (χ0v) is 14.1. The van der Waals surface area contributed by atoms with Crippen LogP contribution in [-0.4, -0.2) is 43.7 Å². The maximum absolute atomic E-state index is 12.2. The lowest BCUT2D eigenvalue weighted by Gasteiger charge is -2.20. The first-order valence-corrected chi connectivity index (χ1v) is 8.79. The number of carbonyl (C=O) groups excluding carboxylic acids is 2. The van der Waals surface area contributed by atoms with E-state index in [0.29, 0.717) is 6.04 Å². The molecular weight excluding hydrogens is 298 g/mol. The highest BCUT2D eigenvalue weighted by Crippen LogP contribution is 2.24. The molecule has 2 amide bonds. The second-order valence-electron chi connectivity index (χ2n) is 5.78. The summed E-state index contributed by atoms with van der Waals surface area (Å²) in [7, 11) is 1.87. The molecule has 1 saturated carbocycles. The number of carbonyl (C=O) groups is 2. The third kappa shape index (κ3) is 4.74. The van der Waals surface area contributed by atoms with E-state index in [1.54, 1.807) is 11.8 Å². The van der Waals surface area contributed by atoms with Crippen molar-refractivity contribution in [1.29, 1.82) is 0 Å². The number of hydrogen-bond donors (Lipinski definition) is 3. The molecule has 0 saturated heterocycles. The fourth-order valence-electron chi connectivity index (χ4n) is 2.13. The Morgan fingerprint density at radius 3 is 2.68 bits per heavy atom. The van der Waals surface area contributed by atoms with Crippen LogP contribution in [0.2, 0.25) is 0 Å². The van der Waals surface area contributed by atoms with Crippen LogP contribution in [0.25, 0.3) is 0 Å². The van der Waals surface area contributed by atoms with Gasteiger partial charge in [0.25, 0.3) is 11.8 Å². The van der Waals surface area contributed by atoms with Crippen molar-refractivity contribution in [2.24, 2.45) is 0 Å². The first-order valence-electron chi connectivity index (χ1n) is 7.56. The van der Waals surface area contributed by atoms with Crippen molar-refractivity contribution in [1.82, 2.24) is 5.32 Å². The van der Waals surface area contributed by atoms with Gasteiger partial charge in [-0.1, -0.05) is 12.1 Å². The van der Waals surface area contributed by atoms with Crippen LogP contribution in [0.4, 0.5) is 5.69 Å². The second-order valence-corrected chi connectivity index (χ2v) is 6.62. The van der Waals surface area contributed by atoms with Crippen molar-refractivity contribution in [3.05, 3.63) is 24.3 Å². The van der Waals surface area contributed by atoms with Crippen LogP contribution in [0.5, 0.6) is 0 Å².